The van der Waals surface area contributed by atoms with Crippen LogP contribution in [0.4, 0.5) is 27.6 Å². The topological polar surface area (TPSA) is 93.7 Å². The minimum atomic E-state index is -4.94. The Labute approximate surface area is 238 Å². The summed E-state index contributed by atoms with van der Waals surface area (Å²) < 4.78 is 79.2. The summed E-state index contributed by atoms with van der Waals surface area (Å²) in [5, 5.41) is 5.28. The number of hydrogen-bond donors (Lipinski definition) is 2. The Bertz CT molecular complexity index is 1400. The number of rotatable bonds is 8. The third-order valence-electron chi connectivity index (χ3n) is 8.30. The molecule has 0 spiro atoms. The van der Waals surface area contributed by atoms with Crippen molar-refractivity contribution in [3.63, 3.8) is 0 Å². The maximum atomic E-state index is 14.9. The number of halogens is 5. The third-order valence-corrected chi connectivity index (χ3v) is 8.30. The largest absolute Gasteiger partial charge is 0.496 e. The molecule has 4 unspecified atom stereocenters. The molecule has 2 amide bonds. The van der Waals surface area contributed by atoms with Gasteiger partial charge in [-0.1, -0.05) is 12.2 Å². The fourth-order valence-electron chi connectivity index (χ4n) is 6.15. The molecule has 0 radical (unpaired) electrons. The van der Waals surface area contributed by atoms with E-state index in [-0.39, 0.29) is 46.6 Å². The first-order chi connectivity index (χ1) is 20.0. The van der Waals surface area contributed by atoms with Gasteiger partial charge >= 0.3 is 6.18 Å². The fraction of sp³-hybridized carbons (Fsp3) is 0.433. The van der Waals surface area contributed by atoms with E-state index in [4.69, 9.17) is 9.47 Å². The van der Waals surface area contributed by atoms with Gasteiger partial charge in [-0.05, 0) is 68.2 Å². The molecule has 42 heavy (non-hydrogen) atoms. The molecule has 3 aliphatic rings. The molecule has 2 saturated carbocycles. The number of alkyl halides is 3. The number of amides is 2. The highest BCUT2D eigenvalue weighted by Crippen LogP contribution is 2.45. The number of anilines is 1. The molecule has 2 N–H and O–H groups in total. The van der Waals surface area contributed by atoms with Crippen LogP contribution in [-0.4, -0.2) is 37.4 Å². The number of aldehydes is 1. The number of ether oxygens (including phenoxy) is 2. The molecule has 4 atom stereocenters. The molecule has 2 fully saturated rings. The average Bonchev–Trinajstić information content (AvgIpc) is 3.56. The standard InChI is InChI=1S/C30H29F5N2O5/c1-41-24-13-23(32)25(42-19-7-2-15(14-38)3-8-19)12-20(24)28(39)37-27-17-5-4-16(10-17)26(27)29(40)36-18-6-9-22(31)21(11-18)30(33,34)35/h4-6,9,11-17,19,26-27H,2-3,7-8,10H2,1H3,(H,36,40)(H,37,39). The van der Waals surface area contributed by atoms with E-state index in [1.165, 1.54) is 13.2 Å². The van der Waals surface area contributed by atoms with Gasteiger partial charge in [0.05, 0.1) is 30.3 Å². The van der Waals surface area contributed by atoms with Gasteiger partial charge < -0.3 is 24.9 Å². The van der Waals surface area contributed by atoms with E-state index in [9.17, 15) is 36.3 Å². The SMILES string of the molecule is COc1cc(F)c(OC2CCC(C=O)CC2)cc1C(=O)NC1C2C=CC(C2)C1C(=O)Nc1ccc(F)c(C(F)(F)F)c1. The van der Waals surface area contributed by atoms with Crippen molar-refractivity contribution in [3.05, 3.63) is 65.2 Å². The Morgan fingerprint density at radius 3 is 2.33 bits per heavy atom. The molecule has 224 valence electrons. The highest BCUT2D eigenvalue weighted by atomic mass is 19.4. The summed E-state index contributed by atoms with van der Waals surface area (Å²) in [5.74, 6) is -5.02. The third kappa shape index (κ3) is 5.98. The van der Waals surface area contributed by atoms with E-state index < -0.39 is 47.1 Å². The van der Waals surface area contributed by atoms with Crippen LogP contribution in [0.25, 0.3) is 0 Å². The van der Waals surface area contributed by atoms with Crippen LogP contribution in [0.1, 0.15) is 48.0 Å². The maximum absolute atomic E-state index is 14.9. The van der Waals surface area contributed by atoms with Crippen molar-refractivity contribution in [1.29, 1.82) is 0 Å². The molecule has 3 aliphatic carbocycles. The number of carbonyl (C=O) groups excluding carboxylic acids is 3. The smallest absolute Gasteiger partial charge is 0.419 e. The van der Waals surface area contributed by atoms with Crippen molar-refractivity contribution in [3.8, 4) is 11.5 Å². The Hall–Kier alpha value is -3.96. The normalized spacial score (nSPS) is 26.5. The van der Waals surface area contributed by atoms with Gasteiger partial charge in [-0.25, -0.2) is 8.78 Å². The predicted molar refractivity (Wildman–Crippen MR) is 141 cm³/mol. The van der Waals surface area contributed by atoms with Crippen LogP contribution in [0.5, 0.6) is 11.5 Å². The lowest BCUT2D eigenvalue weighted by atomic mass is 9.87. The van der Waals surface area contributed by atoms with Gasteiger partial charge in [-0.15, -0.1) is 0 Å². The summed E-state index contributed by atoms with van der Waals surface area (Å²) in [4.78, 5) is 37.8. The molecule has 5 rings (SSSR count). The maximum Gasteiger partial charge on any atom is 0.419 e. The van der Waals surface area contributed by atoms with Gasteiger partial charge in [0.25, 0.3) is 5.91 Å². The molecule has 2 aromatic carbocycles. The molecule has 2 aromatic rings. The summed E-state index contributed by atoms with van der Waals surface area (Å²) in [6.45, 7) is 0. The summed E-state index contributed by atoms with van der Waals surface area (Å²) in [5.41, 5.74) is -1.75. The lowest BCUT2D eigenvalue weighted by molar-refractivity contribution is -0.140. The van der Waals surface area contributed by atoms with Crippen molar-refractivity contribution in [2.45, 2.75) is 50.4 Å². The van der Waals surface area contributed by atoms with Crippen LogP contribution < -0.4 is 20.1 Å². The van der Waals surface area contributed by atoms with Gasteiger partial charge in [0.15, 0.2) is 11.6 Å². The number of hydrogen-bond acceptors (Lipinski definition) is 5. The Kier molecular flexibility index (Phi) is 8.25. The molecule has 2 bridgehead atoms. The van der Waals surface area contributed by atoms with E-state index in [1.807, 2.05) is 12.2 Å². The zero-order valence-corrected chi connectivity index (χ0v) is 22.5. The number of fused-ring (bicyclic) bond motifs is 2. The summed E-state index contributed by atoms with van der Waals surface area (Å²) >= 11 is 0. The highest BCUT2D eigenvalue weighted by molar-refractivity contribution is 5.99. The number of nitrogens with one attached hydrogen (secondary N) is 2. The van der Waals surface area contributed by atoms with Crippen molar-refractivity contribution in [2.75, 3.05) is 12.4 Å². The lowest BCUT2D eigenvalue weighted by Gasteiger charge is -2.29. The fourth-order valence-corrected chi connectivity index (χ4v) is 6.15. The average molecular weight is 593 g/mol. The number of carbonyl (C=O) groups is 3. The molecule has 0 heterocycles. The molecular weight excluding hydrogens is 563 g/mol. The Morgan fingerprint density at radius 2 is 1.67 bits per heavy atom. The number of benzene rings is 2. The Morgan fingerprint density at radius 1 is 0.952 bits per heavy atom. The Balaban J connectivity index is 1.33. The second-order valence-corrected chi connectivity index (χ2v) is 10.9. The molecule has 0 aliphatic heterocycles. The van der Waals surface area contributed by atoms with Gasteiger partial charge in [-0.3, -0.25) is 9.59 Å². The predicted octanol–water partition coefficient (Wildman–Crippen LogP) is 5.69. The minimum Gasteiger partial charge on any atom is -0.496 e. The van der Waals surface area contributed by atoms with Gasteiger partial charge in [0.1, 0.15) is 17.9 Å². The lowest BCUT2D eigenvalue weighted by Crippen LogP contribution is -2.47. The van der Waals surface area contributed by atoms with E-state index in [1.54, 1.807) is 0 Å². The van der Waals surface area contributed by atoms with Crippen LogP contribution in [0, 0.1) is 35.3 Å². The highest BCUT2D eigenvalue weighted by Gasteiger charge is 2.49. The zero-order valence-electron chi connectivity index (χ0n) is 22.5. The number of allylic oxidation sites excluding steroid dienone is 1. The van der Waals surface area contributed by atoms with Crippen LogP contribution in [-0.2, 0) is 15.8 Å². The van der Waals surface area contributed by atoms with Crippen LogP contribution in [0.15, 0.2) is 42.5 Å². The number of methoxy groups -OCH3 is 1. The molecule has 0 aromatic heterocycles. The monoisotopic (exact) mass is 592 g/mol. The second-order valence-electron chi connectivity index (χ2n) is 10.9. The van der Waals surface area contributed by atoms with E-state index in [0.717, 1.165) is 18.4 Å². The van der Waals surface area contributed by atoms with Crippen molar-refractivity contribution in [2.24, 2.45) is 23.7 Å². The van der Waals surface area contributed by atoms with E-state index in [0.29, 0.717) is 44.2 Å². The van der Waals surface area contributed by atoms with Gasteiger partial charge in [-0.2, -0.15) is 13.2 Å². The minimum absolute atomic E-state index is 0.0188. The first kappa shape index (κ1) is 29.5. The van der Waals surface area contributed by atoms with Gasteiger partial charge in [0, 0.05) is 23.7 Å². The van der Waals surface area contributed by atoms with Crippen LogP contribution >= 0.6 is 0 Å². The molecule has 0 saturated heterocycles. The summed E-state index contributed by atoms with van der Waals surface area (Å²) in [7, 11) is 1.28. The molecule has 7 nitrogen and oxygen atoms in total. The van der Waals surface area contributed by atoms with Crippen molar-refractivity contribution >= 4 is 23.8 Å². The van der Waals surface area contributed by atoms with Crippen LogP contribution in [0.3, 0.4) is 0 Å². The molecular formula is C30H29F5N2O5. The van der Waals surface area contributed by atoms with Crippen molar-refractivity contribution < 1.29 is 45.8 Å². The summed E-state index contributed by atoms with van der Waals surface area (Å²) in [6.07, 6.45) is 2.23. The zero-order chi connectivity index (χ0) is 30.2. The van der Waals surface area contributed by atoms with Crippen LogP contribution in [0.2, 0.25) is 0 Å². The van der Waals surface area contributed by atoms with Gasteiger partial charge in [0.2, 0.25) is 5.91 Å². The first-order valence-electron chi connectivity index (χ1n) is 13.6. The molecule has 12 heteroatoms. The summed E-state index contributed by atoms with van der Waals surface area (Å²) in [6, 6.07) is 3.76. The van der Waals surface area contributed by atoms with Crippen molar-refractivity contribution in [1.82, 2.24) is 5.32 Å². The van der Waals surface area contributed by atoms with E-state index >= 15 is 0 Å². The first-order valence-corrected chi connectivity index (χ1v) is 13.6. The second kappa shape index (κ2) is 11.7. The quantitative estimate of drug-likeness (QED) is 0.234. The van der Waals surface area contributed by atoms with E-state index in [2.05, 4.69) is 10.6 Å².